The standard InChI is InChI=1S/C16H24N2O5S2/c1-18(11-10-16(19)13-6-3-2-4-7-13)25(22,23)15-9-5-8-14(12-15)24(17,20)21/h5,8-9,12-13H,2-4,6-7,10-11H2,1H3,(H2,17,20,21). The van der Waals surface area contributed by atoms with Crippen molar-refractivity contribution in [3.8, 4) is 0 Å². The molecule has 0 spiro atoms. The number of benzene rings is 1. The Morgan fingerprint density at radius 2 is 1.72 bits per heavy atom. The van der Waals surface area contributed by atoms with Crippen LogP contribution in [0.2, 0.25) is 0 Å². The molecule has 140 valence electrons. The van der Waals surface area contributed by atoms with Crippen LogP contribution in [0.1, 0.15) is 38.5 Å². The first kappa shape index (κ1) is 20.0. The lowest BCUT2D eigenvalue weighted by Gasteiger charge is -2.22. The number of hydrogen-bond donors (Lipinski definition) is 1. The molecule has 2 rings (SSSR count). The first-order chi connectivity index (χ1) is 11.6. The lowest BCUT2D eigenvalue weighted by atomic mass is 9.85. The molecule has 9 heteroatoms. The monoisotopic (exact) mass is 388 g/mol. The summed E-state index contributed by atoms with van der Waals surface area (Å²) in [5.74, 6) is 0.135. The van der Waals surface area contributed by atoms with Crippen molar-refractivity contribution in [3.05, 3.63) is 24.3 Å². The maximum atomic E-state index is 12.6. The minimum absolute atomic E-state index is 0.0376. The van der Waals surface area contributed by atoms with Gasteiger partial charge in [0.15, 0.2) is 0 Å². The summed E-state index contributed by atoms with van der Waals surface area (Å²) in [7, 11) is -6.49. The molecule has 0 atom stereocenters. The van der Waals surface area contributed by atoms with Gasteiger partial charge in [0.05, 0.1) is 9.79 Å². The van der Waals surface area contributed by atoms with Crippen LogP contribution in [-0.2, 0) is 24.8 Å². The van der Waals surface area contributed by atoms with E-state index in [1.54, 1.807) is 0 Å². The van der Waals surface area contributed by atoms with Crippen molar-refractivity contribution >= 4 is 25.8 Å². The average molecular weight is 389 g/mol. The first-order valence-corrected chi connectivity index (χ1v) is 11.2. The van der Waals surface area contributed by atoms with E-state index in [2.05, 4.69) is 0 Å². The van der Waals surface area contributed by atoms with Gasteiger partial charge >= 0.3 is 0 Å². The number of rotatable bonds is 7. The molecule has 0 saturated heterocycles. The number of nitrogens with zero attached hydrogens (tertiary/aromatic N) is 1. The van der Waals surface area contributed by atoms with E-state index < -0.39 is 20.0 Å². The average Bonchev–Trinajstić information content (AvgIpc) is 2.59. The van der Waals surface area contributed by atoms with E-state index >= 15 is 0 Å². The zero-order chi connectivity index (χ0) is 18.7. The van der Waals surface area contributed by atoms with Crippen molar-refractivity contribution < 1.29 is 21.6 Å². The largest absolute Gasteiger partial charge is 0.299 e. The van der Waals surface area contributed by atoms with Gasteiger partial charge in [0.1, 0.15) is 5.78 Å². The Balaban J connectivity index is 2.07. The second-order valence-corrected chi connectivity index (χ2v) is 10.0. The molecule has 1 aromatic carbocycles. The summed E-state index contributed by atoms with van der Waals surface area (Å²) in [6.07, 6.45) is 5.17. The molecule has 1 aliphatic rings. The summed E-state index contributed by atoms with van der Waals surface area (Å²) < 4.78 is 49.0. The van der Waals surface area contributed by atoms with Gasteiger partial charge in [-0.15, -0.1) is 0 Å². The molecule has 25 heavy (non-hydrogen) atoms. The highest BCUT2D eigenvalue weighted by Crippen LogP contribution is 2.25. The van der Waals surface area contributed by atoms with Crippen molar-refractivity contribution in [2.24, 2.45) is 11.1 Å². The first-order valence-electron chi connectivity index (χ1n) is 8.24. The molecule has 0 aliphatic heterocycles. The predicted octanol–water partition coefficient (Wildman–Crippen LogP) is 1.49. The van der Waals surface area contributed by atoms with Crippen LogP contribution in [0.15, 0.2) is 34.1 Å². The van der Waals surface area contributed by atoms with Crippen molar-refractivity contribution in [2.45, 2.75) is 48.3 Å². The molecule has 0 amide bonds. The minimum atomic E-state index is -3.99. The van der Waals surface area contributed by atoms with Crippen LogP contribution in [0.25, 0.3) is 0 Å². The third-order valence-corrected chi connectivity index (χ3v) is 7.34. The number of sulfonamides is 2. The molecule has 0 radical (unpaired) electrons. The quantitative estimate of drug-likeness (QED) is 0.760. The van der Waals surface area contributed by atoms with Gasteiger partial charge in [0, 0.05) is 25.9 Å². The highest BCUT2D eigenvalue weighted by atomic mass is 32.2. The van der Waals surface area contributed by atoms with E-state index in [0.29, 0.717) is 0 Å². The molecular weight excluding hydrogens is 364 g/mol. The fraction of sp³-hybridized carbons (Fsp3) is 0.562. The number of ketones is 1. The van der Waals surface area contributed by atoms with E-state index in [9.17, 15) is 21.6 Å². The van der Waals surface area contributed by atoms with Crippen LogP contribution < -0.4 is 5.14 Å². The second kappa shape index (κ2) is 7.94. The third kappa shape index (κ3) is 5.10. The summed E-state index contributed by atoms with van der Waals surface area (Å²) >= 11 is 0. The van der Waals surface area contributed by atoms with Crippen molar-refractivity contribution in [1.29, 1.82) is 0 Å². The number of primary sulfonamides is 1. The molecule has 1 aromatic rings. The van der Waals surface area contributed by atoms with E-state index in [0.717, 1.165) is 42.5 Å². The Morgan fingerprint density at radius 3 is 2.32 bits per heavy atom. The van der Waals surface area contributed by atoms with Crippen LogP contribution in [0.3, 0.4) is 0 Å². The van der Waals surface area contributed by atoms with E-state index in [4.69, 9.17) is 5.14 Å². The number of carbonyl (C=O) groups excluding carboxylic acids is 1. The molecule has 0 unspecified atom stereocenters. The Bertz CT molecular complexity index is 828. The zero-order valence-electron chi connectivity index (χ0n) is 14.2. The highest BCUT2D eigenvalue weighted by Gasteiger charge is 2.25. The van der Waals surface area contributed by atoms with Gasteiger partial charge in [-0.3, -0.25) is 4.79 Å². The number of carbonyl (C=O) groups is 1. The third-order valence-electron chi connectivity index (χ3n) is 4.58. The number of Topliss-reactive ketones (excluding diaryl/α,β-unsaturated/α-hetero) is 1. The normalized spacial score (nSPS) is 16.9. The van der Waals surface area contributed by atoms with Gasteiger partial charge in [-0.05, 0) is 31.0 Å². The lowest BCUT2D eigenvalue weighted by molar-refractivity contribution is -0.123. The van der Waals surface area contributed by atoms with Crippen LogP contribution in [0.4, 0.5) is 0 Å². The van der Waals surface area contributed by atoms with E-state index in [1.807, 2.05) is 0 Å². The fourth-order valence-electron chi connectivity index (χ4n) is 3.01. The SMILES string of the molecule is CN(CCC(=O)C1CCCCC1)S(=O)(=O)c1cccc(S(N)(=O)=O)c1. The maximum absolute atomic E-state index is 12.6. The fourth-order valence-corrected chi connectivity index (χ4v) is 4.86. The molecule has 7 nitrogen and oxygen atoms in total. The molecular formula is C16H24N2O5S2. The van der Waals surface area contributed by atoms with Crippen molar-refractivity contribution in [1.82, 2.24) is 4.31 Å². The van der Waals surface area contributed by atoms with Crippen LogP contribution >= 0.6 is 0 Å². The lowest BCUT2D eigenvalue weighted by Crippen LogP contribution is -2.31. The summed E-state index contributed by atoms with van der Waals surface area (Å²) in [6.45, 7) is 0.0667. The second-order valence-electron chi connectivity index (χ2n) is 6.40. The summed E-state index contributed by atoms with van der Waals surface area (Å²) in [4.78, 5) is 11.8. The highest BCUT2D eigenvalue weighted by molar-refractivity contribution is 7.90. The van der Waals surface area contributed by atoms with Gasteiger partial charge in [-0.1, -0.05) is 25.3 Å². The Morgan fingerprint density at radius 1 is 1.12 bits per heavy atom. The number of hydrogen-bond acceptors (Lipinski definition) is 5. The Kier molecular flexibility index (Phi) is 6.36. The van der Waals surface area contributed by atoms with Crippen molar-refractivity contribution in [3.63, 3.8) is 0 Å². The van der Waals surface area contributed by atoms with Crippen molar-refractivity contribution in [2.75, 3.05) is 13.6 Å². The summed E-state index contributed by atoms with van der Waals surface area (Å²) in [6, 6.07) is 4.90. The summed E-state index contributed by atoms with van der Waals surface area (Å²) in [5, 5.41) is 5.05. The van der Waals surface area contributed by atoms with Gasteiger partial charge in [-0.25, -0.2) is 26.3 Å². The van der Waals surface area contributed by atoms with Gasteiger partial charge in [0.2, 0.25) is 20.0 Å². The van der Waals surface area contributed by atoms with Crippen LogP contribution in [0.5, 0.6) is 0 Å². The maximum Gasteiger partial charge on any atom is 0.242 e. The van der Waals surface area contributed by atoms with E-state index in [1.165, 1.54) is 25.2 Å². The Hall–Kier alpha value is -1.29. The minimum Gasteiger partial charge on any atom is -0.299 e. The molecule has 0 bridgehead atoms. The molecule has 2 N–H and O–H groups in total. The zero-order valence-corrected chi connectivity index (χ0v) is 15.9. The van der Waals surface area contributed by atoms with E-state index in [-0.39, 0.29) is 34.5 Å². The topological polar surface area (TPSA) is 115 Å². The van der Waals surface area contributed by atoms with Crippen LogP contribution in [0, 0.1) is 5.92 Å². The van der Waals surface area contributed by atoms with Gasteiger partial charge in [-0.2, -0.15) is 0 Å². The van der Waals surface area contributed by atoms with Gasteiger partial charge in [0.25, 0.3) is 0 Å². The molecule has 0 heterocycles. The molecule has 1 fully saturated rings. The summed E-state index contributed by atoms with van der Waals surface area (Å²) in [5.41, 5.74) is 0. The number of nitrogens with two attached hydrogens (primary N) is 1. The van der Waals surface area contributed by atoms with Crippen LogP contribution in [-0.4, -0.2) is 40.5 Å². The molecule has 1 saturated carbocycles. The molecule has 1 aliphatic carbocycles. The predicted molar refractivity (Wildman–Crippen MR) is 93.8 cm³/mol. The molecule has 0 aromatic heterocycles. The smallest absolute Gasteiger partial charge is 0.242 e. The Labute approximate surface area is 149 Å². The van der Waals surface area contributed by atoms with Gasteiger partial charge < -0.3 is 0 Å².